The van der Waals surface area contributed by atoms with Gasteiger partial charge in [-0.2, -0.15) is 0 Å². The maximum absolute atomic E-state index is 10.8. The van der Waals surface area contributed by atoms with Crippen LogP contribution in [0.1, 0.15) is 6.42 Å². The van der Waals surface area contributed by atoms with Crippen molar-refractivity contribution in [1.29, 1.82) is 0 Å². The Labute approximate surface area is 72.6 Å². The standard InChI is InChI=1S/C10H14O2/c1-12-6-10-8-3-2-7(4-8)9(10)5-11/h2-3,5,7-10H,4,6H2,1H3/t7-,8+,9-,10+/m1/s1. The van der Waals surface area contributed by atoms with Crippen LogP contribution in [0.5, 0.6) is 0 Å². The minimum absolute atomic E-state index is 0.222. The normalized spacial score (nSPS) is 43.8. The molecule has 0 aromatic rings. The van der Waals surface area contributed by atoms with E-state index in [9.17, 15) is 4.79 Å². The maximum atomic E-state index is 10.8. The van der Waals surface area contributed by atoms with Gasteiger partial charge in [-0.25, -0.2) is 0 Å². The highest BCUT2D eigenvalue weighted by Gasteiger charge is 2.43. The van der Waals surface area contributed by atoms with Crippen LogP contribution < -0.4 is 0 Å². The zero-order valence-corrected chi connectivity index (χ0v) is 7.27. The van der Waals surface area contributed by atoms with Gasteiger partial charge in [-0.1, -0.05) is 12.2 Å². The van der Waals surface area contributed by atoms with Gasteiger partial charge >= 0.3 is 0 Å². The van der Waals surface area contributed by atoms with Gasteiger partial charge in [0.1, 0.15) is 6.29 Å². The lowest BCUT2D eigenvalue weighted by Crippen LogP contribution is -2.24. The number of aldehydes is 1. The number of ether oxygens (including phenoxy) is 1. The van der Waals surface area contributed by atoms with Crippen LogP contribution in [0, 0.1) is 23.7 Å². The predicted molar refractivity (Wildman–Crippen MR) is 45.7 cm³/mol. The van der Waals surface area contributed by atoms with E-state index >= 15 is 0 Å². The average Bonchev–Trinajstić information content (AvgIpc) is 2.64. The molecule has 2 bridgehead atoms. The predicted octanol–water partition coefficient (Wildman–Crippen LogP) is 1.27. The van der Waals surface area contributed by atoms with Crippen molar-refractivity contribution in [3.05, 3.63) is 12.2 Å². The van der Waals surface area contributed by atoms with E-state index in [4.69, 9.17) is 4.74 Å². The van der Waals surface area contributed by atoms with E-state index in [-0.39, 0.29) is 5.92 Å². The molecule has 1 saturated carbocycles. The van der Waals surface area contributed by atoms with E-state index in [0.717, 1.165) is 19.3 Å². The summed E-state index contributed by atoms with van der Waals surface area (Å²) in [4.78, 5) is 10.8. The van der Waals surface area contributed by atoms with Gasteiger partial charge in [0.05, 0.1) is 6.61 Å². The largest absolute Gasteiger partial charge is 0.384 e. The summed E-state index contributed by atoms with van der Waals surface area (Å²) in [6.07, 6.45) is 6.71. The lowest BCUT2D eigenvalue weighted by atomic mass is 9.85. The molecule has 0 spiro atoms. The quantitative estimate of drug-likeness (QED) is 0.466. The molecule has 4 atom stereocenters. The molecule has 0 N–H and O–H groups in total. The fourth-order valence-electron chi connectivity index (χ4n) is 2.59. The first-order valence-corrected chi connectivity index (χ1v) is 4.49. The molecule has 2 rings (SSSR count). The van der Waals surface area contributed by atoms with Crippen molar-refractivity contribution < 1.29 is 9.53 Å². The van der Waals surface area contributed by atoms with Crippen molar-refractivity contribution in [2.75, 3.05) is 13.7 Å². The Hall–Kier alpha value is -0.630. The van der Waals surface area contributed by atoms with E-state index in [1.807, 2.05) is 0 Å². The van der Waals surface area contributed by atoms with Gasteiger partial charge < -0.3 is 9.53 Å². The molecule has 66 valence electrons. The van der Waals surface area contributed by atoms with Crippen molar-refractivity contribution in [2.24, 2.45) is 23.7 Å². The number of methoxy groups -OCH3 is 1. The minimum atomic E-state index is 0.222. The Bertz CT molecular complexity index is 210. The zero-order valence-electron chi connectivity index (χ0n) is 7.27. The van der Waals surface area contributed by atoms with Crippen LogP contribution in [0.4, 0.5) is 0 Å². The molecule has 0 aromatic carbocycles. The Morgan fingerprint density at radius 3 is 2.92 bits per heavy atom. The summed E-state index contributed by atoms with van der Waals surface area (Å²) in [5.74, 6) is 1.78. The molecular formula is C10H14O2. The van der Waals surface area contributed by atoms with Crippen molar-refractivity contribution in [1.82, 2.24) is 0 Å². The molecule has 12 heavy (non-hydrogen) atoms. The second-order valence-electron chi connectivity index (χ2n) is 3.78. The molecule has 2 aliphatic carbocycles. The third kappa shape index (κ3) is 1.02. The van der Waals surface area contributed by atoms with Gasteiger partial charge in [-0.15, -0.1) is 0 Å². The molecule has 2 aliphatic rings. The summed E-state index contributed by atoms with van der Waals surface area (Å²) in [6.45, 7) is 0.731. The second-order valence-corrected chi connectivity index (χ2v) is 3.78. The average molecular weight is 166 g/mol. The highest BCUT2D eigenvalue weighted by molar-refractivity contribution is 5.57. The van der Waals surface area contributed by atoms with Crippen molar-refractivity contribution in [3.8, 4) is 0 Å². The molecule has 2 heteroatoms. The fraction of sp³-hybridized carbons (Fsp3) is 0.700. The number of carbonyl (C=O) groups excluding carboxylic acids is 1. The summed E-state index contributed by atoms with van der Waals surface area (Å²) >= 11 is 0. The third-order valence-corrected chi connectivity index (χ3v) is 3.20. The van der Waals surface area contributed by atoms with E-state index in [2.05, 4.69) is 12.2 Å². The zero-order chi connectivity index (χ0) is 8.55. The fourth-order valence-corrected chi connectivity index (χ4v) is 2.59. The van der Waals surface area contributed by atoms with Crippen molar-refractivity contribution in [3.63, 3.8) is 0 Å². The van der Waals surface area contributed by atoms with Gasteiger partial charge in [0, 0.05) is 13.0 Å². The van der Waals surface area contributed by atoms with Crippen molar-refractivity contribution >= 4 is 6.29 Å². The number of rotatable bonds is 3. The second kappa shape index (κ2) is 3.02. The number of carbonyl (C=O) groups is 1. The molecule has 0 heterocycles. The smallest absolute Gasteiger partial charge is 0.124 e. The Kier molecular flexibility index (Phi) is 2.01. The summed E-state index contributed by atoms with van der Waals surface area (Å²) in [5.41, 5.74) is 0. The van der Waals surface area contributed by atoms with E-state index in [1.165, 1.54) is 0 Å². The summed E-state index contributed by atoms with van der Waals surface area (Å²) in [7, 11) is 1.71. The molecule has 2 nitrogen and oxygen atoms in total. The Balaban J connectivity index is 2.11. The van der Waals surface area contributed by atoms with Gasteiger partial charge in [-0.3, -0.25) is 0 Å². The number of hydrogen-bond acceptors (Lipinski definition) is 2. The molecule has 0 unspecified atom stereocenters. The number of allylic oxidation sites excluding steroid dienone is 2. The highest BCUT2D eigenvalue weighted by Crippen LogP contribution is 2.46. The van der Waals surface area contributed by atoms with Crippen LogP contribution in [0.3, 0.4) is 0 Å². The topological polar surface area (TPSA) is 26.3 Å². The summed E-state index contributed by atoms with van der Waals surface area (Å²) in [6, 6.07) is 0. The molecular weight excluding hydrogens is 152 g/mol. The van der Waals surface area contributed by atoms with Gasteiger partial charge in [-0.05, 0) is 24.2 Å². The van der Waals surface area contributed by atoms with Crippen LogP contribution in [0.25, 0.3) is 0 Å². The maximum Gasteiger partial charge on any atom is 0.124 e. The van der Waals surface area contributed by atoms with Crippen LogP contribution in [0.15, 0.2) is 12.2 Å². The van der Waals surface area contributed by atoms with Crippen LogP contribution in [-0.2, 0) is 9.53 Å². The third-order valence-electron chi connectivity index (χ3n) is 3.20. The Morgan fingerprint density at radius 1 is 1.50 bits per heavy atom. The molecule has 0 saturated heterocycles. The van der Waals surface area contributed by atoms with E-state index < -0.39 is 0 Å². The minimum Gasteiger partial charge on any atom is -0.384 e. The summed E-state index contributed by atoms with van der Waals surface area (Å²) < 4.78 is 5.12. The summed E-state index contributed by atoms with van der Waals surface area (Å²) in [5, 5.41) is 0. The van der Waals surface area contributed by atoms with E-state index in [0.29, 0.717) is 17.8 Å². The SMILES string of the molecule is COC[C@@H]1[C@H](C=O)[C@@H]2C=C[C@H]1C2. The van der Waals surface area contributed by atoms with E-state index in [1.54, 1.807) is 7.11 Å². The molecule has 1 fully saturated rings. The monoisotopic (exact) mass is 166 g/mol. The highest BCUT2D eigenvalue weighted by atomic mass is 16.5. The van der Waals surface area contributed by atoms with Gasteiger partial charge in [0.2, 0.25) is 0 Å². The number of hydrogen-bond donors (Lipinski definition) is 0. The molecule has 0 aromatic heterocycles. The molecule has 0 amide bonds. The van der Waals surface area contributed by atoms with Crippen LogP contribution >= 0.6 is 0 Å². The first-order valence-electron chi connectivity index (χ1n) is 4.49. The Morgan fingerprint density at radius 2 is 2.25 bits per heavy atom. The van der Waals surface area contributed by atoms with Gasteiger partial charge in [0.25, 0.3) is 0 Å². The van der Waals surface area contributed by atoms with Crippen LogP contribution in [0.2, 0.25) is 0 Å². The lowest BCUT2D eigenvalue weighted by molar-refractivity contribution is -0.113. The van der Waals surface area contributed by atoms with Crippen molar-refractivity contribution in [2.45, 2.75) is 6.42 Å². The first kappa shape index (κ1) is 7.99. The van der Waals surface area contributed by atoms with Crippen LogP contribution in [-0.4, -0.2) is 20.0 Å². The lowest BCUT2D eigenvalue weighted by Gasteiger charge is -2.22. The molecule has 0 radical (unpaired) electrons. The number of fused-ring (bicyclic) bond motifs is 2. The van der Waals surface area contributed by atoms with Gasteiger partial charge in [0.15, 0.2) is 0 Å². The first-order chi connectivity index (χ1) is 5.86. The molecule has 0 aliphatic heterocycles.